The van der Waals surface area contributed by atoms with Crippen molar-refractivity contribution in [2.24, 2.45) is 0 Å². The normalized spacial score (nSPS) is 15.2. The molecule has 2 atom stereocenters. The average Bonchev–Trinajstić information content (AvgIpc) is 2.20. The van der Waals surface area contributed by atoms with E-state index in [1.807, 2.05) is 0 Å². The Kier molecular flexibility index (Phi) is 8.01. The average molecular weight is 391 g/mol. The molecule has 0 bridgehead atoms. The van der Waals surface area contributed by atoms with Gasteiger partial charge in [0, 0.05) is 16.1 Å². The molecular weight excluding hydrogens is 371 g/mol. The highest BCUT2D eigenvalue weighted by atomic mass is 79.9. The molecule has 0 N–H and O–H groups in total. The topological polar surface area (TPSA) is 26.3 Å². The van der Waals surface area contributed by atoms with Crippen LogP contribution in [0.5, 0.6) is 0 Å². The van der Waals surface area contributed by atoms with E-state index < -0.39 is 0 Å². The summed E-state index contributed by atoms with van der Waals surface area (Å²) in [5.41, 5.74) is 0.897. The second-order valence-corrected chi connectivity index (χ2v) is 8.17. The summed E-state index contributed by atoms with van der Waals surface area (Å²) >= 11 is 13.3. The van der Waals surface area contributed by atoms with Crippen molar-refractivity contribution in [1.29, 1.82) is 0 Å². The molecule has 0 aliphatic rings. The minimum absolute atomic E-state index is 0.0327. The number of esters is 1. The van der Waals surface area contributed by atoms with E-state index >= 15 is 0 Å². The van der Waals surface area contributed by atoms with Crippen LogP contribution in [0.25, 0.3) is 0 Å². The summed E-state index contributed by atoms with van der Waals surface area (Å²) in [6.07, 6.45) is 1.74. The van der Waals surface area contributed by atoms with Crippen LogP contribution >= 0.6 is 43.5 Å². The van der Waals surface area contributed by atoms with Gasteiger partial charge in [-0.15, -0.1) is 11.6 Å². The van der Waals surface area contributed by atoms with E-state index in [0.29, 0.717) is 4.83 Å². The van der Waals surface area contributed by atoms with Crippen LogP contribution in [0.3, 0.4) is 0 Å². The molecule has 0 aromatic rings. The summed E-state index contributed by atoms with van der Waals surface area (Å²) in [5, 5.41) is -0.308. The monoisotopic (exact) mass is 388 g/mol. The van der Waals surface area contributed by atoms with Gasteiger partial charge in [0.05, 0.1) is 5.38 Å². The summed E-state index contributed by atoms with van der Waals surface area (Å²) in [6.45, 7) is 9.70. The Morgan fingerprint density at radius 2 is 2.06 bits per heavy atom. The molecule has 0 amide bonds. The lowest BCUT2D eigenvalue weighted by Crippen LogP contribution is -2.24. The summed E-state index contributed by atoms with van der Waals surface area (Å²) in [7, 11) is 0. The number of hydrogen-bond donors (Lipinski definition) is 0. The number of halogens is 3. The largest absolute Gasteiger partial charge is 0.464 e. The summed E-state index contributed by atoms with van der Waals surface area (Å²) in [4.78, 5) is 11.0. The molecule has 0 aromatic heterocycles. The number of ether oxygens (including phenoxy) is 1. The molecule has 0 heterocycles. The zero-order valence-electron chi connectivity index (χ0n) is 10.4. The van der Waals surface area contributed by atoms with Gasteiger partial charge in [0.2, 0.25) is 0 Å². The molecule has 0 radical (unpaired) electrons. The molecule has 0 aromatic carbocycles. The van der Waals surface area contributed by atoms with Crippen LogP contribution in [0, 0.1) is 0 Å². The maximum Gasteiger partial charge on any atom is 0.302 e. The minimum Gasteiger partial charge on any atom is -0.464 e. The lowest BCUT2D eigenvalue weighted by atomic mass is 10.0. The van der Waals surface area contributed by atoms with E-state index in [2.05, 4.69) is 52.3 Å². The van der Waals surface area contributed by atoms with Crippen molar-refractivity contribution in [2.45, 2.75) is 48.1 Å². The van der Waals surface area contributed by atoms with Crippen LogP contribution in [0.1, 0.15) is 33.6 Å². The van der Waals surface area contributed by atoms with E-state index in [1.54, 1.807) is 0 Å². The Morgan fingerprint density at radius 3 is 2.47 bits per heavy atom. The Hall–Kier alpha value is 0.460. The maximum absolute atomic E-state index is 10.6. The Morgan fingerprint density at radius 1 is 1.53 bits per heavy atom. The molecule has 0 rings (SSSR count). The van der Waals surface area contributed by atoms with Gasteiger partial charge in [-0.1, -0.05) is 44.0 Å². The van der Waals surface area contributed by atoms with Crippen molar-refractivity contribution in [3.8, 4) is 0 Å². The predicted octanol–water partition coefficient (Wildman–Crippen LogP) is 4.43. The van der Waals surface area contributed by atoms with E-state index in [-0.39, 0.29) is 22.3 Å². The van der Waals surface area contributed by atoms with Crippen LogP contribution in [0.15, 0.2) is 12.2 Å². The van der Waals surface area contributed by atoms with Crippen LogP contribution < -0.4 is 0 Å². The van der Waals surface area contributed by atoms with Gasteiger partial charge in [0.25, 0.3) is 0 Å². The first-order valence-electron chi connectivity index (χ1n) is 5.42. The smallest absolute Gasteiger partial charge is 0.302 e. The van der Waals surface area contributed by atoms with Gasteiger partial charge in [-0.2, -0.15) is 0 Å². The number of rotatable bonds is 7. The minimum atomic E-state index is -0.316. The first-order valence-corrected chi connectivity index (χ1v) is 7.57. The third-order valence-corrected chi connectivity index (χ3v) is 5.54. The molecule has 0 aliphatic heterocycles. The van der Waals surface area contributed by atoms with Crippen LogP contribution in [-0.2, 0) is 9.53 Å². The van der Waals surface area contributed by atoms with Crippen LogP contribution in [0.4, 0.5) is 0 Å². The van der Waals surface area contributed by atoms with Crippen molar-refractivity contribution in [3.63, 3.8) is 0 Å². The molecule has 2 unspecified atom stereocenters. The molecule has 5 heteroatoms. The summed E-state index contributed by atoms with van der Waals surface area (Å²) < 4.78 is 4.88. The van der Waals surface area contributed by atoms with Gasteiger partial charge in [0.15, 0.2) is 0 Å². The molecule has 100 valence electrons. The molecule has 0 saturated carbocycles. The summed E-state index contributed by atoms with van der Waals surface area (Å²) in [6, 6.07) is 0. The van der Waals surface area contributed by atoms with Crippen molar-refractivity contribution in [3.05, 3.63) is 12.2 Å². The molecular formula is C12H19Br2ClO2. The van der Waals surface area contributed by atoms with E-state index in [0.717, 1.165) is 18.4 Å². The van der Waals surface area contributed by atoms with Gasteiger partial charge >= 0.3 is 5.97 Å². The van der Waals surface area contributed by atoms with Gasteiger partial charge in [-0.05, 0) is 26.7 Å². The Labute approximate surface area is 125 Å². The van der Waals surface area contributed by atoms with Crippen LogP contribution in [-0.4, -0.2) is 27.1 Å². The zero-order valence-corrected chi connectivity index (χ0v) is 14.4. The molecule has 0 saturated heterocycles. The molecule has 0 spiro atoms. The van der Waals surface area contributed by atoms with E-state index in [4.69, 9.17) is 16.3 Å². The van der Waals surface area contributed by atoms with Gasteiger partial charge in [-0.25, -0.2) is 0 Å². The lowest BCUT2D eigenvalue weighted by molar-refractivity contribution is -0.140. The Balaban J connectivity index is 3.97. The van der Waals surface area contributed by atoms with E-state index in [1.165, 1.54) is 6.92 Å². The number of carbonyl (C=O) groups is 1. The highest BCUT2D eigenvalue weighted by Gasteiger charge is 2.24. The van der Waals surface area contributed by atoms with Gasteiger partial charge < -0.3 is 4.74 Å². The van der Waals surface area contributed by atoms with E-state index in [9.17, 15) is 4.79 Å². The van der Waals surface area contributed by atoms with Crippen molar-refractivity contribution in [1.82, 2.24) is 0 Å². The first-order chi connectivity index (χ1) is 7.64. The molecule has 0 aliphatic carbocycles. The third kappa shape index (κ3) is 8.22. The van der Waals surface area contributed by atoms with Crippen LogP contribution in [0.2, 0.25) is 0 Å². The second-order valence-electron chi connectivity index (χ2n) is 4.50. The molecule has 2 nitrogen and oxygen atoms in total. The fourth-order valence-electron chi connectivity index (χ4n) is 1.12. The number of hydrogen-bond acceptors (Lipinski definition) is 2. The lowest BCUT2D eigenvalue weighted by Gasteiger charge is -2.24. The highest BCUT2D eigenvalue weighted by Crippen LogP contribution is 2.31. The molecule has 17 heavy (non-hydrogen) atoms. The predicted molar refractivity (Wildman–Crippen MR) is 80.4 cm³/mol. The SMILES string of the molecule is C=C(CCC(Br)C(C)(C)Br)C(Cl)COC(C)=O. The fourth-order valence-corrected chi connectivity index (χ4v) is 1.75. The highest BCUT2D eigenvalue weighted by molar-refractivity contribution is 9.12. The molecule has 0 fully saturated rings. The number of carbonyl (C=O) groups excluding carboxylic acids is 1. The van der Waals surface area contributed by atoms with Crippen molar-refractivity contribution < 1.29 is 9.53 Å². The quantitative estimate of drug-likeness (QED) is 0.365. The fraction of sp³-hybridized carbons (Fsp3) is 0.750. The maximum atomic E-state index is 10.6. The summed E-state index contributed by atoms with van der Waals surface area (Å²) in [5.74, 6) is -0.316. The number of alkyl halides is 3. The standard InChI is InChI=1S/C12H19Br2ClO2/c1-8(10(15)7-17-9(2)16)5-6-11(13)12(3,4)14/h10-11H,1,5-7H2,2-4H3. The Bertz CT molecular complexity index is 274. The van der Waals surface area contributed by atoms with Crippen molar-refractivity contribution >= 4 is 49.4 Å². The van der Waals surface area contributed by atoms with Gasteiger partial charge in [-0.3, -0.25) is 4.79 Å². The third-order valence-electron chi connectivity index (χ3n) is 2.34. The second kappa shape index (κ2) is 7.80. The zero-order chi connectivity index (χ0) is 13.6. The van der Waals surface area contributed by atoms with Crippen molar-refractivity contribution in [2.75, 3.05) is 6.61 Å². The first kappa shape index (κ1) is 17.5. The van der Waals surface area contributed by atoms with Gasteiger partial charge in [0.1, 0.15) is 6.61 Å².